The van der Waals surface area contributed by atoms with E-state index in [1.54, 1.807) is 0 Å². The SMILES string of the molecule is CCC1CC(=O)C1. The first-order valence-electron chi connectivity index (χ1n) is 2.84. The number of hydrogen-bond donors (Lipinski definition) is 0. The summed E-state index contributed by atoms with van der Waals surface area (Å²) in [5.41, 5.74) is 0. The van der Waals surface area contributed by atoms with E-state index >= 15 is 0 Å². The number of carbonyl (C=O) groups is 1. The molecule has 0 atom stereocenters. The average Bonchev–Trinajstić information content (AvgIpc) is 1.58. The Hall–Kier alpha value is -0.330. The smallest absolute Gasteiger partial charge is 0.133 e. The summed E-state index contributed by atoms with van der Waals surface area (Å²) < 4.78 is 0. The number of rotatable bonds is 1. The zero-order valence-electron chi connectivity index (χ0n) is 4.61. The third-order valence-corrected chi connectivity index (χ3v) is 1.61. The van der Waals surface area contributed by atoms with Crippen molar-refractivity contribution in [2.24, 2.45) is 5.92 Å². The summed E-state index contributed by atoms with van der Waals surface area (Å²) >= 11 is 0. The molecule has 40 valence electrons. The minimum atomic E-state index is 0.451. The van der Waals surface area contributed by atoms with Crippen molar-refractivity contribution in [3.05, 3.63) is 0 Å². The molecule has 7 heavy (non-hydrogen) atoms. The lowest BCUT2D eigenvalue weighted by Crippen LogP contribution is -2.21. The summed E-state index contributed by atoms with van der Waals surface area (Å²) in [5, 5.41) is 0. The van der Waals surface area contributed by atoms with Crippen LogP contribution in [0.1, 0.15) is 26.2 Å². The summed E-state index contributed by atoms with van der Waals surface area (Å²) in [5.74, 6) is 1.19. The Morgan fingerprint density at radius 3 is 2.43 bits per heavy atom. The number of hydrogen-bond acceptors (Lipinski definition) is 1. The second-order valence-electron chi connectivity index (χ2n) is 2.22. The van der Waals surface area contributed by atoms with Gasteiger partial charge in [-0.2, -0.15) is 0 Å². The van der Waals surface area contributed by atoms with Crippen LogP contribution in [0.2, 0.25) is 0 Å². The van der Waals surface area contributed by atoms with Gasteiger partial charge in [0.05, 0.1) is 0 Å². The van der Waals surface area contributed by atoms with Gasteiger partial charge in [-0.15, -0.1) is 0 Å². The van der Waals surface area contributed by atoms with E-state index < -0.39 is 0 Å². The first-order chi connectivity index (χ1) is 3.33. The Kier molecular flexibility index (Phi) is 1.13. The van der Waals surface area contributed by atoms with Gasteiger partial charge in [0.15, 0.2) is 0 Å². The van der Waals surface area contributed by atoms with E-state index in [0.717, 1.165) is 18.8 Å². The minimum absolute atomic E-state index is 0.451. The molecule has 0 aromatic carbocycles. The fraction of sp³-hybridized carbons (Fsp3) is 0.833. The predicted molar refractivity (Wildman–Crippen MR) is 28.0 cm³/mol. The van der Waals surface area contributed by atoms with Gasteiger partial charge in [0.2, 0.25) is 0 Å². The molecule has 1 saturated carbocycles. The summed E-state index contributed by atoms with van der Waals surface area (Å²) in [6.07, 6.45) is 2.90. The Bertz CT molecular complexity index is 78.2. The maximum atomic E-state index is 10.3. The number of ketones is 1. The van der Waals surface area contributed by atoms with Crippen LogP contribution in [0.3, 0.4) is 0 Å². The van der Waals surface area contributed by atoms with Crippen molar-refractivity contribution in [2.45, 2.75) is 26.2 Å². The lowest BCUT2D eigenvalue weighted by Gasteiger charge is -2.21. The lowest BCUT2D eigenvalue weighted by atomic mass is 9.82. The zero-order chi connectivity index (χ0) is 5.28. The molecule has 1 rings (SSSR count). The molecule has 0 bridgehead atoms. The molecule has 1 fully saturated rings. The second kappa shape index (κ2) is 1.65. The molecule has 0 amide bonds. The monoisotopic (exact) mass is 98.1 g/mol. The summed E-state index contributed by atoms with van der Waals surface area (Å²) in [6, 6.07) is 0. The molecular weight excluding hydrogens is 88.1 g/mol. The van der Waals surface area contributed by atoms with Crippen molar-refractivity contribution in [1.29, 1.82) is 0 Å². The Balaban J connectivity index is 2.17. The van der Waals surface area contributed by atoms with Gasteiger partial charge in [-0.3, -0.25) is 4.79 Å². The van der Waals surface area contributed by atoms with Gasteiger partial charge in [0, 0.05) is 12.8 Å². The average molecular weight is 98.1 g/mol. The van der Waals surface area contributed by atoms with E-state index in [9.17, 15) is 4.79 Å². The first kappa shape index (κ1) is 4.82. The van der Waals surface area contributed by atoms with E-state index in [4.69, 9.17) is 0 Å². The van der Waals surface area contributed by atoms with E-state index in [2.05, 4.69) is 6.92 Å². The molecule has 0 radical (unpaired) electrons. The van der Waals surface area contributed by atoms with E-state index in [0.29, 0.717) is 5.78 Å². The summed E-state index contributed by atoms with van der Waals surface area (Å²) in [4.78, 5) is 10.3. The largest absolute Gasteiger partial charge is 0.300 e. The van der Waals surface area contributed by atoms with Crippen molar-refractivity contribution in [1.82, 2.24) is 0 Å². The highest BCUT2D eigenvalue weighted by atomic mass is 16.1. The van der Waals surface area contributed by atoms with E-state index in [1.165, 1.54) is 6.42 Å². The molecule has 0 aromatic rings. The quantitative estimate of drug-likeness (QED) is 0.484. The van der Waals surface area contributed by atoms with Crippen molar-refractivity contribution in [2.75, 3.05) is 0 Å². The van der Waals surface area contributed by atoms with E-state index in [-0.39, 0.29) is 0 Å². The van der Waals surface area contributed by atoms with Gasteiger partial charge in [-0.1, -0.05) is 13.3 Å². The van der Waals surface area contributed by atoms with Crippen LogP contribution < -0.4 is 0 Å². The highest BCUT2D eigenvalue weighted by Gasteiger charge is 2.23. The normalized spacial score (nSPS) is 22.1. The highest BCUT2D eigenvalue weighted by molar-refractivity contribution is 5.84. The van der Waals surface area contributed by atoms with Crippen molar-refractivity contribution in [3.8, 4) is 0 Å². The third kappa shape index (κ3) is 0.817. The number of carbonyl (C=O) groups excluding carboxylic acids is 1. The van der Waals surface area contributed by atoms with Crippen LogP contribution in [0.15, 0.2) is 0 Å². The van der Waals surface area contributed by atoms with Crippen LogP contribution in [-0.2, 0) is 4.79 Å². The molecule has 0 heterocycles. The van der Waals surface area contributed by atoms with Crippen molar-refractivity contribution < 1.29 is 4.79 Å². The van der Waals surface area contributed by atoms with Crippen LogP contribution in [0.5, 0.6) is 0 Å². The molecule has 0 unspecified atom stereocenters. The standard InChI is InChI=1S/C6H10O/c1-2-5-3-6(7)4-5/h5H,2-4H2,1H3. The molecule has 1 aliphatic carbocycles. The topological polar surface area (TPSA) is 17.1 Å². The van der Waals surface area contributed by atoms with Gasteiger partial charge in [-0.05, 0) is 5.92 Å². The van der Waals surface area contributed by atoms with Crippen LogP contribution >= 0.6 is 0 Å². The van der Waals surface area contributed by atoms with Crippen LogP contribution in [-0.4, -0.2) is 5.78 Å². The first-order valence-corrected chi connectivity index (χ1v) is 2.84. The maximum Gasteiger partial charge on any atom is 0.133 e. The molecule has 0 spiro atoms. The Labute approximate surface area is 43.7 Å². The Morgan fingerprint density at radius 2 is 2.29 bits per heavy atom. The van der Waals surface area contributed by atoms with Gasteiger partial charge >= 0.3 is 0 Å². The molecule has 1 aliphatic rings. The van der Waals surface area contributed by atoms with E-state index in [1.807, 2.05) is 0 Å². The Morgan fingerprint density at radius 1 is 1.71 bits per heavy atom. The fourth-order valence-corrected chi connectivity index (χ4v) is 0.873. The summed E-state index contributed by atoms with van der Waals surface area (Å²) in [7, 11) is 0. The molecule has 1 nitrogen and oxygen atoms in total. The van der Waals surface area contributed by atoms with Gasteiger partial charge in [0.25, 0.3) is 0 Å². The summed E-state index contributed by atoms with van der Waals surface area (Å²) in [6.45, 7) is 2.14. The van der Waals surface area contributed by atoms with Crippen LogP contribution in [0.25, 0.3) is 0 Å². The van der Waals surface area contributed by atoms with Gasteiger partial charge < -0.3 is 0 Å². The zero-order valence-corrected chi connectivity index (χ0v) is 4.61. The molecule has 0 N–H and O–H groups in total. The van der Waals surface area contributed by atoms with Crippen LogP contribution in [0, 0.1) is 5.92 Å². The molecule has 0 saturated heterocycles. The minimum Gasteiger partial charge on any atom is -0.300 e. The number of Topliss-reactive ketones (excluding diaryl/α,β-unsaturated/α-hetero) is 1. The highest BCUT2D eigenvalue weighted by Crippen LogP contribution is 2.24. The maximum absolute atomic E-state index is 10.3. The van der Waals surface area contributed by atoms with Crippen molar-refractivity contribution >= 4 is 5.78 Å². The molecule has 1 heteroatoms. The molecule has 0 aromatic heterocycles. The fourth-order valence-electron chi connectivity index (χ4n) is 0.873. The lowest BCUT2D eigenvalue weighted by molar-refractivity contribution is -0.126. The van der Waals surface area contributed by atoms with Gasteiger partial charge in [-0.25, -0.2) is 0 Å². The third-order valence-electron chi connectivity index (χ3n) is 1.61. The predicted octanol–water partition coefficient (Wildman–Crippen LogP) is 1.38. The molecule has 0 aliphatic heterocycles. The second-order valence-corrected chi connectivity index (χ2v) is 2.22. The molecular formula is C6H10O. The van der Waals surface area contributed by atoms with Crippen molar-refractivity contribution in [3.63, 3.8) is 0 Å². The van der Waals surface area contributed by atoms with Crippen LogP contribution in [0.4, 0.5) is 0 Å². The van der Waals surface area contributed by atoms with Gasteiger partial charge in [0.1, 0.15) is 5.78 Å².